The fraction of sp³-hybridized carbons (Fsp3) is 0.500. The van der Waals surface area contributed by atoms with E-state index in [-0.39, 0.29) is 24.0 Å². The number of aromatic nitrogens is 3. The van der Waals surface area contributed by atoms with Gasteiger partial charge in [-0.05, 0) is 30.4 Å². The summed E-state index contributed by atoms with van der Waals surface area (Å²) in [6, 6.07) is 3.98. The Morgan fingerprint density at radius 2 is 2.23 bits per heavy atom. The summed E-state index contributed by atoms with van der Waals surface area (Å²) in [5, 5.41) is 7.58. The van der Waals surface area contributed by atoms with Crippen molar-refractivity contribution >= 4 is 29.9 Å². The van der Waals surface area contributed by atoms with Gasteiger partial charge in [0.2, 0.25) is 5.88 Å². The van der Waals surface area contributed by atoms with E-state index in [1.54, 1.807) is 17.9 Å². The number of ether oxygens (including phenoxy) is 1. The predicted octanol–water partition coefficient (Wildman–Crippen LogP) is 2.43. The molecular formula is C18H27IN6O. The van der Waals surface area contributed by atoms with Gasteiger partial charge in [0.25, 0.3) is 0 Å². The van der Waals surface area contributed by atoms with Gasteiger partial charge in [0.05, 0.1) is 12.8 Å². The molecule has 0 radical (unpaired) electrons. The van der Waals surface area contributed by atoms with Crippen molar-refractivity contribution in [3.63, 3.8) is 0 Å². The zero-order valence-electron chi connectivity index (χ0n) is 15.6. The monoisotopic (exact) mass is 470 g/mol. The Morgan fingerprint density at radius 3 is 2.88 bits per heavy atom. The number of aliphatic imine (C=N–C) groups is 1. The zero-order chi connectivity index (χ0) is 17.6. The van der Waals surface area contributed by atoms with Crippen molar-refractivity contribution in [2.75, 3.05) is 20.7 Å². The molecule has 0 amide bonds. The number of nitrogens with zero attached hydrogens (tertiary/aromatic N) is 5. The molecule has 1 saturated carbocycles. The van der Waals surface area contributed by atoms with E-state index in [1.165, 1.54) is 12.8 Å². The molecular weight excluding hydrogens is 443 g/mol. The van der Waals surface area contributed by atoms with Crippen molar-refractivity contribution in [3.05, 3.63) is 41.9 Å². The maximum atomic E-state index is 5.74. The van der Waals surface area contributed by atoms with E-state index < -0.39 is 0 Å². The van der Waals surface area contributed by atoms with Crippen molar-refractivity contribution in [2.45, 2.75) is 25.9 Å². The Kier molecular flexibility index (Phi) is 7.67. The summed E-state index contributed by atoms with van der Waals surface area (Å²) in [6.45, 7) is 2.20. The summed E-state index contributed by atoms with van der Waals surface area (Å²) in [5.74, 6) is 2.26. The number of halogens is 1. The SMILES string of the molecule is CN=C(NCc1ccnc(OCC2CC2)c1)N(C)Cc1cnn(C)c1.I. The van der Waals surface area contributed by atoms with Crippen LogP contribution in [0.25, 0.3) is 0 Å². The van der Waals surface area contributed by atoms with E-state index in [2.05, 4.69) is 25.3 Å². The van der Waals surface area contributed by atoms with Crippen LogP contribution < -0.4 is 10.1 Å². The second kappa shape index (κ2) is 9.75. The molecule has 2 aromatic heterocycles. The molecule has 0 spiro atoms. The molecule has 0 unspecified atom stereocenters. The normalized spacial score (nSPS) is 13.9. The molecule has 1 aliphatic carbocycles. The highest BCUT2D eigenvalue weighted by molar-refractivity contribution is 14.0. The zero-order valence-corrected chi connectivity index (χ0v) is 17.9. The highest BCUT2D eigenvalue weighted by Crippen LogP contribution is 2.29. The molecule has 8 heteroatoms. The summed E-state index contributed by atoms with van der Waals surface area (Å²) in [4.78, 5) is 10.7. The fourth-order valence-corrected chi connectivity index (χ4v) is 2.60. The van der Waals surface area contributed by atoms with E-state index in [1.807, 2.05) is 38.6 Å². The van der Waals surface area contributed by atoms with Crippen LogP contribution in [0, 0.1) is 5.92 Å². The number of hydrogen-bond acceptors (Lipinski definition) is 4. The van der Waals surface area contributed by atoms with Crippen molar-refractivity contribution in [1.82, 2.24) is 25.0 Å². The van der Waals surface area contributed by atoms with Gasteiger partial charge in [-0.3, -0.25) is 9.67 Å². The topological polar surface area (TPSA) is 67.6 Å². The Balaban J connectivity index is 0.00000243. The quantitative estimate of drug-likeness (QED) is 0.383. The second-order valence-corrected chi connectivity index (χ2v) is 6.54. The first-order chi connectivity index (χ1) is 12.1. The van der Waals surface area contributed by atoms with Crippen LogP contribution in [0.5, 0.6) is 5.88 Å². The highest BCUT2D eigenvalue weighted by atomic mass is 127. The lowest BCUT2D eigenvalue weighted by Gasteiger charge is -2.21. The van der Waals surface area contributed by atoms with Crippen LogP contribution in [0.4, 0.5) is 0 Å². The van der Waals surface area contributed by atoms with E-state index in [0.717, 1.165) is 36.2 Å². The highest BCUT2D eigenvalue weighted by Gasteiger charge is 2.22. The third-order valence-corrected chi connectivity index (χ3v) is 4.17. The van der Waals surface area contributed by atoms with E-state index in [4.69, 9.17) is 4.74 Å². The fourth-order valence-electron chi connectivity index (χ4n) is 2.60. The summed E-state index contributed by atoms with van der Waals surface area (Å²) in [5.41, 5.74) is 2.27. The first kappa shape index (κ1) is 20.5. The average Bonchev–Trinajstić information content (AvgIpc) is 3.35. The second-order valence-electron chi connectivity index (χ2n) is 6.54. The van der Waals surface area contributed by atoms with Crippen molar-refractivity contribution in [1.29, 1.82) is 0 Å². The lowest BCUT2D eigenvalue weighted by molar-refractivity contribution is 0.288. The van der Waals surface area contributed by atoms with E-state index in [0.29, 0.717) is 12.4 Å². The van der Waals surface area contributed by atoms with Crippen LogP contribution in [-0.2, 0) is 20.1 Å². The first-order valence-electron chi connectivity index (χ1n) is 8.61. The minimum Gasteiger partial charge on any atom is -0.477 e. The molecule has 142 valence electrons. The largest absolute Gasteiger partial charge is 0.477 e. The van der Waals surface area contributed by atoms with Crippen LogP contribution >= 0.6 is 24.0 Å². The van der Waals surface area contributed by atoms with Gasteiger partial charge in [-0.15, -0.1) is 24.0 Å². The van der Waals surface area contributed by atoms with Crippen LogP contribution in [-0.4, -0.2) is 46.3 Å². The average molecular weight is 470 g/mol. The number of aryl methyl sites for hydroxylation is 1. The minimum absolute atomic E-state index is 0. The van der Waals surface area contributed by atoms with Crippen LogP contribution in [0.15, 0.2) is 35.7 Å². The number of rotatable bonds is 7. The molecule has 1 aliphatic rings. The molecule has 1 fully saturated rings. The summed E-state index contributed by atoms with van der Waals surface area (Å²) >= 11 is 0. The molecule has 0 aliphatic heterocycles. The van der Waals surface area contributed by atoms with Gasteiger partial charge in [-0.1, -0.05) is 0 Å². The van der Waals surface area contributed by atoms with Crippen molar-refractivity contribution in [2.24, 2.45) is 18.0 Å². The smallest absolute Gasteiger partial charge is 0.213 e. The maximum absolute atomic E-state index is 5.74. The van der Waals surface area contributed by atoms with Crippen molar-refractivity contribution < 1.29 is 4.74 Å². The summed E-state index contributed by atoms with van der Waals surface area (Å²) < 4.78 is 7.55. The predicted molar refractivity (Wildman–Crippen MR) is 113 cm³/mol. The third-order valence-electron chi connectivity index (χ3n) is 4.17. The Morgan fingerprint density at radius 1 is 1.42 bits per heavy atom. The minimum atomic E-state index is 0. The Hall–Kier alpha value is -1.84. The lowest BCUT2D eigenvalue weighted by atomic mass is 10.2. The molecule has 2 heterocycles. The first-order valence-corrected chi connectivity index (χ1v) is 8.61. The van der Waals surface area contributed by atoms with Gasteiger partial charge in [0.1, 0.15) is 0 Å². The number of guanidine groups is 1. The van der Waals surface area contributed by atoms with Gasteiger partial charge in [0.15, 0.2) is 5.96 Å². The van der Waals surface area contributed by atoms with Gasteiger partial charge in [-0.25, -0.2) is 4.98 Å². The lowest BCUT2D eigenvalue weighted by Crippen LogP contribution is -2.38. The molecule has 2 aromatic rings. The summed E-state index contributed by atoms with van der Waals surface area (Å²) in [6.07, 6.45) is 8.23. The van der Waals surface area contributed by atoms with E-state index >= 15 is 0 Å². The molecule has 1 N–H and O–H groups in total. The Bertz CT molecular complexity index is 728. The standard InChI is InChI=1S/C18H26N6O.HI/c1-19-18(23(2)11-16-10-22-24(3)12-16)21-9-15-6-7-20-17(8-15)25-13-14-4-5-14;/h6-8,10,12,14H,4-5,9,11,13H2,1-3H3,(H,19,21);1H. The summed E-state index contributed by atoms with van der Waals surface area (Å²) in [7, 11) is 5.72. The van der Waals surface area contributed by atoms with Gasteiger partial charge < -0.3 is 15.0 Å². The molecule has 26 heavy (non-hydrogen) atoms. The van der Waals surface area contributed by atoms with Crippen LogP contribution in [0.1, 0.15) is 24.0 Å². The third kappa shape index (κ3) is 6.15. The van der Waals surface area contributed by atoms with Crippen LogP contribution in [0.2, 0.25) is 0 Å². The number of pyridine rings is 1. The number of nitrogens with one attached hydrogen (secondary N) is 1. The molecule has 0 bridgehead atoms. The maximum Gasteiger partial charge on any atom is 0.213 e. The van der Waals surface area contributed by atoms with Gasteiger partial charge in [-0.2, -0.15) is 5.10 Å². The van der Waals surface area contributed by atoms with Crippen LogP contribution in [0.3, 0.4) is 0 Å². The number of hydrogen-bond donors (Lipinski definition) is 1. The van der Waals surface area contributed by atoms with Gasteiger partial charge in [0, 0.05) is 58.3 Å². The molecule has 0 aromatic carbocycles. The molecule has 0 atom stereocenters. The molecule has 7 nitrogen and oxygen atoms in total. The molecule has 0 saturated heterocycles. The molecule has 3 rings (SSSR count). The Labute approximate surface area is 171 Å². The van der Waals surface area contributed by atoms with Gasteiger partial charge >= 0.3 is 0 Å². The van der Waals surface area contributed by atoms with Crippen molar-refractivity contribution in [3.8, 4) is 5.88 Å². The van der Waals surface area contributed by atoms with E-state index in [9.17, 15) is 0 Å².